The third-order valence-electron chi connectivity index (χ3n) is 2.04. The largest absolute Gasteiger partial charge is 0.396 e. The first-order chi connectivity index (χ1) is 7.69. The zero-order valence-electron chi connectivity index (χ0n) is 9.00. The monoisotopic (exact) mass is 259 g/mol. The molecule has 88 valence electrons. The number of nitrogens with one attached hydrogen (secondary N) is 1. The van der Waals surface area contributed by atoms with Gasteiger partial charge in [-0.3, -0.25) is 4.79 Å². The Hall–Kier alpha value is -0.710. The van der Waals surface area contributed by atoms with Crippen molar-refractivity contribution in [3.8, 4) is 0 Å². The lowest BCUT2D eigenvalue weighted by molar-refractivity contribution is 0.0951. The Labute approximate surface area is 104 Å². The van der Waals surface area contributed by atoms with Crippen molar-refractivity contribution >= 4 is 29.3 Å². The third kappa shape index (κ3) is 3.70. The highest BCUT2D eigenvalue weighted by Gasteiger charge is 2.10. The average Bonchev–Trinajstić information content (AvgIpc) is 2.30. The molecular formula is C11H14ClNO2S. The Balaban J connectivity index is 2.73. The Morgan fingerprint density at radius 3 is 2.94 bits per heavy atom. The number of rotatable bonds is 5. The minimum absolute atomic E-state index is 0.0683. The van der Waals surface area contributed by atoms with Crippen LogP contribution >= 0.6 is 23.4 Å². The molecule has 16 heavy (non-hydrogen) atoms. The average molecular weight is 260 g/mol. The second kappa shape index (κ2) is 6.78. The number of carbonyl (C=O) groups excluding carboxylic acids is 1. The molecule has 0 bridgehead atoms. The van der Waals surface area contributed by atoms with E-state index in [-0.39, 0.29) is 12.5 Å². The SMILES string of the molecule is CSc1ccc(Cl)c(C(=O)NCCCO)c1. The van der Waals surface area contributed by atoms with Crippen molar-refractivity contribution in [2.24, 2.45) is 0 Å². The molecule has 0 radical (unpaired) electrons. The smallest absolute Gasteiger partial charge is 0.252 e. The van der Waals surface area contributed by atoms with Crippen LogP contribution in [0.4, 0.5) is 0 Å². The van der Waals surface area contributed by atoms with Crippen LogP contribution in [-0.2, 0) is 0 Å². The van der Waals surface area contributed by atoms with Gasteiger partial charge in [0, 0.05) is 18.0 Å². The van der Waals surface area contributed by atoms with Crippen LogP contribution in [0.15, 0.2) is 23.1 Å². The fourth-order valence-corrected chi connectivity index (χ4v) is 1.82. The van der Waals surface area contributed by atoms with Gasteiger partial charge in [0.15, 0.2) is 0 Å². The van der Waals surface area contributed by atoms with E-state index in [0.717, 1.165) is 4.90 Å². The molecule has 1 aromatic carbocycles. The van der Waals surface area contributed by atoms with Gasteiger partial charge in [-0.25, -0.2) is 0 Å². The van der Waals surface area contributed by atoms with Crippen molar-refractivity contribution in [1.82, 2.24) is 5.32 Å². The maximum atomic E-state index is 11.7. The molecule has 1 rings (SSSR count). The van der Waals surface area contributed by atoms with Gasteiger partial charge < -0.3 is 10.4 Å². The lowest BCUT2D eigenvalue weighted by Crippen LogP contribution is -2.25. The van der Waals surface area contributed by atoms with Crippen LogP contribution in [0.25, 0.3) is 0 Å². The molecule has 1 amide bonds. The fourth-order valence-electron chi connectivity index (χ4n) is 1.18. The van der Waals surface area contributed by atoms with Crippen LogP contribution in [0, 0.1) is 0 Å². The highest BCUT2D eigenvalue weighted by atomic mass is 35.5. The summed E-state index contributed by atoms with van der Waals surface area (Å²) in [6.45, 7) is 0.522. The van der Waals surface area contributed by atoms with Gasteiger partial charge in [-0.2, -0.15) is 0 Å². The van der Waals surface area contributed by atoms with Gasteiger partial charge in [0.1, 0.15) is 0 Å². The zero-order chi connectivity index (χ0) is 12.0. The quantitative estimate of drug-likeness (QED) is 0.629. The van der Waals surface area contributed by atoms with Crippen LogP contribution in [-0.4, -0.2) is 30.4 Å². The van der Waals surface area contributed by atoms with Gasteiger partial charge in [0.25, 0.3) is 5.91 Å². The number of halogens is 1. The summed E-state index contributed by atoms with van der Waals surface area (Å²) in [4.78, 5) is 12.7. The number of amides is 1. The summed E-state index contributed by atoms with van der Waals surface area (Å²) in [5, 5.41) is 11.7. The van der Waals surface area contributed by atoms with Crippen molar-refractivity contribution in [2.75, 3.05) is 19.4 Å². The number of aliphatic hydroxyl groups is 1. The lowest BCUT2D eigenvalue weighted by Gasteiger charge is -2.07. The highest BCUT2D eigenvalue weighted by molar-refractivity contribution is 7.98. The molecule has 2 N–H and O–H groups in total. The Morgan fingerprint density at radius 2 is 2.31 bits per heavy atom. The first-order valence-electron chi connectivity index (χ1n) is 4.91. The van der Waals surface area contributed by atoms with E-state index in [1.807, 2.05) is 12.3 Å². The Kier molecular flexibility index (Phi) is 5.66. The number of aliphatic hydroxyl groups excluding tert-OH is 1. The van der Waals surface area contributed by atoms with Gasteiger partial charge in [0.2, 0.25) is 0 Å². The predicted molar refractivity (Wildman–Crippen MR) is 67.3 cm³/mol. The molecule has 0 fully saturated rings. The lowest BCUT2D eigenvalue weighted by atomic mass is 10.2. The molecule has 0 aliphatic rings. The summed E-state index contributed by atoms with van der Waals surface area (Å²) in [6, 6.07) is 5.35. The summed E-state index contributed by atoms with van der Waals surface area (Å²) >= 11 is 7.50. The van der Waals surface area contributed by atoms with E-state index in [4.69, 9.17) is 16.7 Å². The highest BCUT2D eigenvalue weighted by Crippen LogP contribution is 2.22. The second-order valence-corrected chi connectivity index (χ2v) is 4.47. The van der Waals surface area contributed by atoms with Gasteiger partial charge in [-0.1, -0.05) is 11.6 Å². The van der Waals surface area contributed by atoms with E-state index in [1.165, 1.54) is 0 Å². The van der Waals surface area contributed by atoms with Crippen LogP contribution < -0.4 is 5.32 Å². The molecule has 5 heteroatoms. The van der Waals surface area contributed by atoms with Crippen LogP contribution in [0.2, 0.25) is 5.02 Å². The number of benzene rings is 1. The molecular weight excluding hydrogens is 246 g/mol. The maximum absolute atomic E-state index is 11.7. The van der Waals surface area contributed by atoms with Crippen molar-refractivity contribution in [3.63, 3.8) is 0 Å². The normalized spacial score (nSPS) is 10.2. The van der Waals surface area contributed by atoms with Gasteiger partial charge in [-0.05, 0) is 30.9 Å². The summed E-state index contributed by atoms with van der Waals surface area (Å²) in [7, 11) is 0. The molecule has 0 aliphatic heterocycles. The molecule has 0 unspecified atom stereocenters. The van der Waals surface area contributed by atoms with Gasteiger partial charge >= 0.3 is 0 Å². The molecule has 0 aliphatic carbocycles. The van der Waals surface area contributed by atoms with Crippen LogP contribution in [0.5, 0.6) is 0 Å². The molecule has 0 saturated carbocycles. The van der Waals surface area contributed by atoms with Crippen molar-refractivity contribution in [3.05, 3.63) is 28.8 Å². The maximum Gasteiger partial charge on any atom is 0.252 e. The first-order valence-corrected chi connectivity index (χ1v) is 6.52. The van der Waals surface area contributed by atoms with E-state index in [2.05, 4.69) is 5.32 Å². The van der Waals surface area contributed by atoms with Gasteiger partial charge in [0.05, 0.1) is 10.6 Å². The molecule has 0 heterocycles. The first kappa shape index (κ1) is 13.4. The number of thioether (sulfide) groups is 1. The van der Waals surface area contributed by atoms with E-state index in [9.17, 15) is 4.79 Å². The summed E-state index contributed by atoms with van der Waals surface area (Å²) < 4.78 is 0. The Bertz CT molecular complexity index is 371. The third-order valence-corrected chi connectivity index (χ3v) is 3.09. The Morgan fingerprint density at radius 1 is 1.56 bits per heavy atom. The standard InChI is InChI=1S/C11H14ClNO2S/c1-16-8-3-4-10(12)9(7-8)11(15)13-5-2-6-14/h3-4,7,14H,2,5-6H2,1H3,(H,13,15). The van der Waals surface area contributed by atoms with Crippen LogP contribution in [0.3, 0.4) is 0 Å². The predicted octanol–water partition coefficient (Wildman–Crippen LogP) is 2.17. The molecule has 1 aromatic rings. The molecule has 0 aromatic heterocycles. The van der Waals surface area contributed by atoms with Crippen molar-refractivity contribution < 1.29 is 9.90 Å². The zero-order valence-corrected chi connectivity index (χ0v) is 10.6. The number of hydrogen-bond acceptors (Lipinski definition) is 3. The molecule has 0 spiro atoms. The fraction of sp³-hybridized carbons (Fsp3) is 0.364. The van der Waals surface area contributed by atoms with E-state index < -0.39 is 0 Å². The summed E-state index contributed by atoms with van der Waals surface area (Å²) in [5.41, 5.74) is 0.478. The topological polar surface area (TPSA) is 49.3 Å². The second-order valence-electron chi connectivity index (χ2n) is 3.18. The molecule has 0 atom stereocenters. The van der Waals surface area contributed by atoms with E-state index in [0.29, 0.717) is 23.6 Å². The number of hydrogen-bond donors (Lipinski definition) is 2. The van der Waals surface area contributed by atoms with E-state index >= 15 is 0 Å². The molecule has 0 saturated heterocycles. The summed E-state index contributed by atoms with van der Waals surface area (Å²) in [5.74, 6) is -0.200. The minimum atomic E-state index is -0.200. The molecule has 3 nitrogen and oxygen atoms in total. The summed E-state index contributed by atoms with van der Waals surface area (Å²) in [6.07, 6.45) is 2.49. The van der Waals surface area contributed by atoms with Crippen molar-refractivity contribution in [2.45, 2.75) is 11.3 Å². The van der Waals surface area contributed by atoms with Gasteiger partial charge in [-0.15, -0.1) is 11.8 Å². The van der Waals surface area contributed by atoms with Crippen LogP contribution in [0.1, 0.15) is 16.8 Å². The number of carbonyl (C=O) groups is 1. The minimum Gasteiger partial charge on any atom is -0.396 e. The van der Waals surface area contributed by atoms with Crippen molar-refractivity contribution in [1.29, 1.82) is 0 Å². The van der Waals surface area contributed by atoms with E-state index in [1.54, 1.807) is 23.9 Å².